The van der Waals surface area contributed by atoms with Gasteiger partial charge in [0.2, 0.25) is 5.91 Å². The van der Waals surface area contributed by atoms with Crippen molar-refractivity contribution in [1.29, 1.82) is 0 Å². The van der Waals surface area contributed by atoms with Gasteiger partial charge in [-0.05, 0) is 36.5 Å². The van der Waals surface area contributed by atoms with Crippen molar-refractivity contribution in [2.75, 3.05) is 5.32 Å². The van der Waals surface area contributed by atoms with Gasteiger partial charge in [0, 0.05) is 12.1 Å². The van der Waals surface area contributed by atoms with E-state index in [0.717, 1.165) is 18.5 Å². The van der Waals surface area contributed by atoms with Gasteiger partial charge in [-0.2, -0.15) is 0 Å². The van der Waals surface area contributed by atoms with E-state index in [4.69, 9.17) is 0 Å². The molecule has 1 aromatic carbocycles. The van der Waals surface area contributed by atoms with Crippen molar-refractivity contribution in [3.63, 3.8) is 0 Å². The molecule has 1 amide bonds. The third-order valence-electron chi connectivity index (χ3n) is 3.53. The van der Waals surface area contributed by atoms with E-state index in [2.05, 4.69) is 25.2 Å². The Morgan fingerprint density at radius 1 is 1.11 bits per heavy atom. The first kappa shape index (κ1) is 15.7. The first-order valence-corrected chi connectivity index (χ1v) is 7.63. The fourth-order valence-corrected chi connectivity index (χ4v) is 2.35. The van der Waals surface area contributed by atoms with Crippen LogP contribution in [0.1, 0.15) is 64.0 Å². The van der Waals surface area contributed by atoms with Crippen LogP contribution in [0.2, 0.25) is 0 Å². The minimum Gasteiger partial charge on any atom is -0.326 e. The Hall–Kier alpha value is -1.31. The van der Waals surface area contributed by atoms with E-state index in [1.165, 1.54) is 36.8 Å². The molecular formula is C17H27NO. The predicted octanol–water partition coefficient (Wildman–Crippen LogP) is 4.72. The fraction of sp³-hybridized carbons (Fsp3) is 0.588. The molecule has 0 unspecified atom stereocenters. The van der Waals surface area contributed by atoms with Gasteiger partial charge in [0.15, 0.2) is 0 Å². The van der Waals surface area contributed by atoms with E-state index in [1.54, 1.807) is 0 Å². The van der Waals surface area contributed by atoms with Crippen molar-refractivity contribution >= 4 is 11.6 Å². The summed E-state index contributed by atoms with van der Waals surface area (Å²) in [5.74, 6) is 0.100. The lowest BCUT2D eigenvalue weighted by atomic mass is 9.97. The molecule has 0 saturated carbocycles. The molecular weight excluding hydrogens is 234 g/mol. The molecule has 0 bridgehead atoms. The quantitative estimate of drug-likeness (QED) is 0.674. The summed E-state index contributed by atoms with van der Waals surface area (Å²) in [5, 5.41) is 3.04. The summed E-state index contributed by atoms with van der Waals surface area (Å²) < 4.78 is 0. The normalized spacial score (nSPS) is 10.5. The average molecular weight is 261 g/mol. The highest BCUT2D eigenvalue weighted by molar-refractivity contribution is 5.91. The summed E-state index contributed by atoms with van der Waals surface area (Å²) in [6.45, 7) is 6.29. The summed E-state index contributed by atoms with van der Waals surface area (Å²) in [6, 6.07) is 6.25. The topological polar surface area (TPSA) is 29.1 Å². The molecule has 1 rings (SSSR count). The Kier molecular flexibility index (Phi) is 7.24. The summed E-state index contributed by atoms with van der Waals surface area (Å²) >= 11 is 0. The van der Waals surface area contributed by atoms with Crippen LogP contribution in [-0.4, -0.2) is 5.91 Å². The predicted molar refractivity (Wildman–Crippen MR) is 82.6 cm³/mol. The second-order valence-corrected chi connectivity index (χ2v) is 5.01. The van der Waals surface area contributed by atoms with Gasteiger partial charge >= 0.3 is 0 Å². The van der Waals surface area contributed by atoms with Gasteiger partial charge in [0.05, 0.1) is 0 Å². The molecule has 0 radical (unpaired) electrons. The first-order valence-electron chi connectivity index (χ1n) is 7.63. The number of rotatable bonds is 8. The van der Waals surface area contributed by atoms with Crippen LogP contribution < -0.4 is 5.32 Å². The van der Waals surface area contributed by atoms with Crippen molar-refractivity contribution in [3.8, 4) is 0 Å². The van der Waals surface area contributed by atoms with Gasteiger partial charge in [-0.1, -0.05) is 52.2 Å². The zero-order chi connectivity index (χ0) is 14.1. The SMILES string of the molecule is CCCCCCc1c(CC)cccc1NC(=O)CC. The molecule has 106 valence electrons. The number of aryl methyl sites for hydroxylation is 1. The number of benzene rings is 1. The van der Waals surface area contributed by atoms with Crippen LogP contribution in [0, 0.1) is 0 Å². The molecule has 0 atom stereocenters. The zero-order valence-corrected chi connectivity index (χ0v) is 12.6. The number of anilines is 1. The molecule has 0 aromatic heterocycles. The summed E-state index contributed by atoms with van der Waals surface area (Å²) in [7, 11) is 0. The first-order chi connectivity index (χ1) is 9.22. The van der Waals surface area contributed by atoms with Crippen LogP contribution >= 0.6 is 0 Å². The highest BCUT2D eigenvalue weighted by Gasteiger charge is 2.09. The second kappa shape index (κ2) is 8.73. The van der Waals surface area contributed by atoms with Crippen molar-refractivity contribution in [2.24, 2.45) is 0 Å². The number of hydrogen-bond acceptors (Lipinski definition) is 1. The number of carbonyl (C=O) groups is 1. The highest BCUT2D eigenvalue weighted by atomic mass is 16.1. The third-order valence-corrected chi connectivity index (χ3v) is 3.53. The van der Waals surface area contributed by atoms with Gasteiger partial charge in [0.25, 0.3) is 0 Å². The second-order valence-electron chi connectivity index (χ2n) is 5.01. The molecule has 0 fully saturated rings. The van der Waals surface area contributed by atoms with Crippen LogP contribution in [0.15, 0.2) is 18.2 Å². The minimum absolute atomic E-state index is 0.100. The number of unbranched alkanes of at least 4 members (excludes halogenated alkanes) is 3. The summed E-state index contributed by atoms with van der Waals surface area (Å²) in [5.41, 5.74) is 3.72. The number of nitrogens with one attached hydrogen (secondary N) is 1. The molecule has 2 heteroatoms. The molecule has 0 aliphatic heterocycles. The third kappa shape index (κ3) is 5.06. The van der Waals surface area contributed by atoms with Gasteiger partial charge in [-0.15, -0.1) is 0 Å². The van der Waals surface area contributed by atoms with E-state index in [1.807, 2.05) is 19.1 Å². The van der Waals surface area contributed by atoms with Gasteiger partial charge < -0.3 is 5.32 Å². The maximum absolute atomic E-state index is 11.6. The lowest BCUT2D eigenvalue weighted by Crippen LogP contribution is -2.12. The molecule has 19 heavy (non-hydrogen) atoms. The maximum atomic E-state index is 11.6. The van der Waals surface area contributed by atoms with Gasteiger partial charge in [0.1, 0.15) is 0 Å². The highest BCUT2D eigenvalue weighted by Crippen LogP contribution is 2.23. The van der Waals surface area contributed by atoms with E-state index in [0.29, 0.717) is 6.42 Å². The van der Waals surface area contributed by atoms with E-state index in [-0.39, 0.29) is 5.91 Å². The van der Waals surface area contributed by atoms with Crippen molar-refractivity contribution < 1.29 is 4.79 Å². The van der Waals surface area contributed by atoms with Crippen LogP contribution in [0.4, 0.5) is 5.69 Å². The average Bonchev–Trinajstić information content (AvgIpc) is 2.44. The monoisotopic (exact) mass is 261 g/mol. The van der Waals surface area contributed by atoms with Gasteiger partial charge in [-0.25, -0.2) is 0 Å². The maximum Gasteiger partial charge on any atom is 0.224 e. The number of amides is 1. The molecule has 0 aliphatic carbocycles. The van der Waals surface area contributed by atoms with E-state index in [9.17, 15) is 4.79 Å². The smallest absolute Gasteiger partial charge is 0.224 e. The summed E-state index contributed by atoms with van der Waals surface area (Å²) in [6.07, 6.45) is 7.67. The van der Waals surface area contributed by atoms with E-state index < -0.39 is 0 Å². The number of hydrogen-bond donors (Lipinski definition) is 1. The van der Waals surface area contributed by atoms with Crippen molar-refractivity contribution in [1.82, 2.24) is 0 Å². The lowest BCUT2D eigenvalue weighted by molar-refractivity contribution is -0.115. The Labute approximate surface area is 117 Å². The molecule has 0 spiro atoms. The molecule has 1 aromatic rings. The van der Waals surface area contributed by atoms with Crippen molar-refractivity contribution in [3.05, 3.63) is 29.3 Å². The van der Waals surface area contributed by atoms with Crippen LogP contribution in [0.5, 0.6) is 0 Å². The molecule has 2 nitrogen and oxygen atoms in total. The summed E-state index contributed by atoms with van der Waals surface area (Å²) in [4.78, 5) is 11.6. The number of carbonyl (C=O) groups excluding carboxylic acids is 1. The van der Waals surface area contributed by atoms with Crippen LogP contribution in [0.25, 0.3) is 0 Å². The Balaban J connectivity index is 2.80. The van der Waals surface area contributed by atoms with Crippen LogP contribution in [-0.2, 0) is 17.6 Å². The van der Waals surface area contributed by atoms with Crippen molar-refractivity contribution in [2.45, 2.75) is 65.7 Å². The fourth-order valence-electron chi connectivity index (χ4n) is 2.35. The Morgan fingerprint density at radius 2 is 1.89 bits per heavy atom. The van der Waals surface area contributed by atoms with Crippen LogP contribution in [0.3, 0.4) is 0 Å². The molecule has 0 aliphatic rings. The Morgan fingerprint density at radius 3 is 2.53 bits per heavy atom. The minimum atomic E-state index is 0.100. The molecule has 0 heterocycles. The standard InChI is InChI=1S/C17H27NO/c1-4-7-8-9-12-15-14(5-2)11-10-13-16(15)18-17(19)6-3/h10-11,13H,4-9,12H2,1-3H3,(H,18,19). The zero-order valence-electron chi connectivity index (χ0n) is 12.6. The molecule has 0 saturated heterocycles. The largest absolute Gasteiger partial charge is 0.326 e. The van der Waals surface area contributed by atoms with E-state index >= 15 is 0 Å². The lowest BCUT2D eigenvalue weighted by Gasteiger charge is -2.14. The Bertz CT molecular complexity index is 398. The van der Waals surface area contributed by atoms with Gasteiger partial charge in [-0.3, -0.25) is 4.79 Å². The molecule has 1 N–H and O–H groups in total.